The molecule has 2 aromatic rings. The maximum Gasteiger partial charge on any atom is 0.0579 e. The molecule has 0 fully saturated rings. The molecular weight excluding hydrogens is 266 g/mol. The summed E-state index contributed by atoms with van der Waals surface area (Å²) in [5, 5.41) is 5.53. The molecule has 4 heteroatoms. The number of rotatable bonds is 7. The van der Waals surface area contributed by atoms with Crippen molar-refractivity contribution in [1.29, 1.82) is 0 Å². The van der Waals surface area contributed by atoms with Crippen LogP contribution in [0, 0.1) is 0 Å². The van der Waals surface area contributed by atoms with Crippen LogP contribution in [0.3, 0.4) is 0 Å². The van der Waals surface area contributed by atoms with E-state index < -0.39 is 0 Å². The summed E-state index contributed by atoms with van der Waals surface area (Å²) in [5.41, 5.74) is 2.27. The predicted molar refractivity (Wildman–Crippen MR) is 88.7 cm³/mol. The van der Waals surface area contributed by atoms with Crippen molar-refractivity contribution in [3.8, 4) is 0 Å². The average Bonchev–Trinajstić information content (AvgIpc) is 2.95. The van der Waals surface area contributed by atoms with Crippen molar-refractivity contribution in [2.24, 2.45) is 0 Å². The van der Waals surface area contributed by atoms with Crippen molar-refractivity contribution in [1.82, 2.24) is 4.98 Å². The molecule has 3 nitrogen and oxygen atoms in total. The highest BCUT2D eigenvalue weighted by Gasteiger charge is 2.12. The van der Waals surface area contributed by atoms with Gasteiger partial charge in [0.25, 0.3) is 0 Å². The summed E-state index contributed by atoms with van der Waals surface area (Å²) in [4.78, 5) is 8.13. The second-order valence-electron chi connectivity index (χ2n) is 5.16. The van der Waals surface area contributed by atoms with E-state index in [-0.39, 0.29) is 0 Å². The van der Waals surface area contributed by atoms with E-state index in [2.05, 4.69) is 59.6 Å². The van der Waals surface area contributed by atoms with Gasteiger partial charge in [-0.1, -0.05) is 13.0 Å². The number of thiophene rings is 1. The van der Waals surface area contributed by atoms with E-state index >= 15 is 0 Å². The van der Waals surface area contributed by atoms with Crippen LogP contribution in [0.1, 0.15) is 32.1 Å². The molecule has 0 spiro atoms. The zero-order chi connectivity index (χ0) is 14.4. The first-order valence-electron chi connectivity index (χ1n) is 7.18. The Balaban J connectivity index is 2.16. The fourth-order valence-electron chi connectivity index (χ4n) is 2.09. The lowest BCUT2D eigenvalue weighted by molar-refractivity contribution is 0.686. The van der Waals surface area contributed by atoms with Crippen molar-refractivity contribution in [2.75, 3.05) is 16.8 Å². The number of pyridine rings is 1. The molecule has 0 saturated carbocycles. The smallest absolute Gasteiger partial charge is 0.0579 e. The zero-order valence-electron chi connectivity index (χ0n) is 12.5. The molecule has 0 unspecified atom stereocenters. The molecular formula is C16H23N3S. The zero-order valence-corrected chi connectivity index (χ0v) is 13.3. The second kappa shape index (κ2) is 7.29. The average molecular weight is 289 g/mol. The molecule has 0 atom stereocenters. The normalized spacial score (nSPS) is 10.8. The second-order valence-corrected chi connectivity index (χ2v) is 6.19. The molecule has 1 N–H and O–H groups in total. The lowest BCUT2D eigenvalue weighted by Gasteiger charge is -2.28. The molecule has 20 heavy (non-hydrogen) atoms. The van der Waals surface area contributed by atoms with Crippen LogP contribution in [-0.2, 0) is 6.54 Å². The summed E-state index contributed by atoms with van der Waals surface area (Å²) in [7, 11) is 0. The first-order valence-corrected chi connectivity index (χ1v) is 8.06. The molecule has 108 valence electrons. The Hall–Kier alpha value is -1.55. The predicted octanol–water partition coefficient (Wildman–Crippen LogP) is 4.38. The van der Waals surface area contributed by atoms with Crippen LogP contribution in [0.25, 0.3) is 0 Å². The fraction of sp³-hybridized carbons (Fsp3) is 0.438. The summed E-state index contributed by atoms with van der Waals surface area (Å²) in [6.07, 6.45) is 4.96. The van der Waals surface area contributed by atoms with Crippen LogP contribution >= 0.6 is 11.3 Å². The topological polar surface area (TPSA) is 28.2 Å². The van der Waals surface area contributed by atoms with Gasteiger partial charge in [-0.15, -0.1) is 11.3 Å². The van der Waals surface area contributed by atoms with Gasteiger partial charge in [-0.25, -0.2) is 0 Å². The molecule has 0 aromatic carbocycles. The van der Waals surface area contributed by atoms with Gasteiger partial charge in [-0.2, -0.15) is 0 Å². The van der Waals surface area contributed by atoms with E-state index in [4.69, 9.17) is 0 Å². The van der Waals surface area contributed by atoms with Crippen LogP contribution in [0.2, 0.25) is 0 Å². The Morgan fingerprint density at radius 1 is 1.35 bits per heavy atom. The Kier molecular flexibility index (Phi) is 5.41. The van der Waals surface area contributed by atoms with Gasteiger partial charge < -0.3 is 10.2 Å². The van der Waals surface area contributed by atoms with E-state index in [1.54, 1.807) is 11.3 Å². The molecule has 2 aromatic heterocycles. The third-order valence-electron chi connectivity index (χ3n) is 3.16. The number of aromatic nitrogens is 1. The number of nitrogens with zero attached hydrogens (tertiary/aromatic N) is 2. The summed E-state index contributed by atoms with van der Waals surface area (Å²) < 4.78 is 0. The van der Waals surface area contributed by atoms with E-state index in [1.807, 2.05) is 12.4 Å². The van der Waals surface area contributed by atoms with Crippen LogP contribution < -0.4 is 10.2 Å². The molecule has 0 bridgehead atoms. The summed E-state index contributed by atoms with van der Waals surface area (Å²) in [6.45, 7) is 8.53. The van der Waals surface area contributed by atoms with E-state index in [1.165, 1.54) is 10.6 Å². The minimum Gasteiger partial charge on any atom is -0.384 e. The first-order chi connectivity index (χ1) is 9.70. The molecule has 0 aliphatic heterocycles. The van der Waals surface area contributed by atoms with Crippen LogP contribution in [0.4, 0.5) is 11.4 Å². The Labute approximate surface area is 125 Å². The lowest BCUT2D eigenvalue weighted by atomic mass is 10.2. The largest absolute Gasteiger partial charge is 0.384 e. The molecule has 0 aliphatic rings. The summed E-state index contributed by atoms with van der Waals surface area (Å²) in [5.74, 6) is 0. The van der Waals surface area contributed by atoms with Gasteiger partial charge in [0.05, 0.1) is 30.3 Å². The lowest BCUT2D eigenvalue weighted by Crippen LogP contribution is -2.29. The standard InChI is InChI=1S/C16H23N3S/c1-4-7-18-14-9-15(11-17-10-14)19(13(2)3)12-16-6-5-8-20-16/h5-6,8-11,13,18H,4,7,12H2,1-3H3. The molecule has 2 rings (SSSR count). The SMILES string of the molecule is CCCNc1cncc(N(Cc2cccs2)C(C)C)c1. The van der Waals surface area contributed by atoms with Gasteiger partial charge >= 0.3 is 0 Å². The van der Waals surface area contributed by atoms with Gasteiger partial charge in [-0.3, -0.25) is 4.98 Å². The minimum atomic E-state index is 0.445. The van der Waals surface area contributed by atoms with Gasteiger partial charge in [0.1, 0.15) is 0 Å². The summed E-state index contributed by atoms with van der Waals surface area (Å²) >= 11 is 1.80. The van der Waals surface area contributed by atoms with Crippen LogP contribution in [0.15, 0.2) is 36.0 Å². The van der Waals surface area contributed by atoms with E-state index in [9.17, 15) is 0 Å². The number of hydrogen-bond acceptors (Lipinski definition) is 4. The maximum atomic E-state index is 4.37. The molecule has 0 aliphatic carbocycles. The fourth-order valence-corrected chi connectivity index (χ4v) is 2.80. The molecule has 2 heterocycles. The number of hydrogen-bond donors (Lipinski definition) is 1. The monoisotopic (exact) mass is 289 g/mol. The Morgan fingerprint density at radius 2 is 2.20 bits per heavy atom. The summed E-state index contributed by atoms with van der Waals surface area (Å²) in [6, 6.07) is 6.93. The molecule has 0 saturated heterocycles. The Bertz CT molecular complexity index is 508. The van der Waals surface area contributed by atoms with Crippen molar-refractivity contribution < 1.29 is 0 Å². The number of anilines is 2. The highest BCUT2D eigenvalue weighted by molar-refractivity contribution is 7.09. The highest BCUT2D eigenvalue weighted by Crippen LogP contribution is 2.23. The van der Waals surface area contributed by atoms with E-state index in [0.717, 1.165) is 25.2 Å². The molecule has 0 radical (unpaired) electrons. The van der Waals surface area contributed by atoms with Crippen LogP contribution in [0.5, 0.6) is 0 Å². The van der Waals surface area contributed by atoms with Gasteiger partial charge in [-0.05, 0) is 37.8 Å². The van der Waals surface area contributed by atoms with Crippen molar-refractivity contribution >= 4 is 22.7 Å². The van der Waals surface area contributed by atoms with Gasteiger partial charge in [0.15, 0.2) is 0 Å². The quantitative estimate of drug-likeness (QED) is 0.820. The minimum absolute atomic E-state index is 0.445. The van der Waals surface area contributed by atoms with E-state index in [0.29, 0.717) is 6.04 Å². The molecule has 0 amide bonds. The Morgan fingerprint density at radius 3 is 2.85 bits per heavy atom. The maximum absolute atomic E-state index is 4.37. The van der Waals surface area contributed by atoms with Gasteiger partial charge in [0, 0.05) is 17.5 Å². The van der Waals surface area contributed by atoms with Crippen LogP contribution in [-0.4, -0.2) is 17.6 Å². The third kappa shape index (κ3) is 3.97. The van der Waals surface area contributed by atoms with Crippen molar-refractivity contribution in [3.63, 3.8) is 0 Å². The van der Waals surface area contributed by atoms with Crippen molar-refractivity contribution in [3.05, 3.63) is 40.8 Å². The van der Waals surface area contributed by atoms with Gasteiger partial charge in [0.2, 0.25) is 0 Å². The third-order valence-corrected chi connectivity index (χ3v) is 4.03. The highest BCUT2D eigenvalue weighted by atomic mass is 32.1. The van der Waals surface area contributed by atoms with Crippen molar-refractivity contribution in [2.45, 2.75) is 39.8 Å². The number of nitrogens with one attached hydrogen (secondary N) is 1. The first kappa shape index (κ1) is 14.9.